The van der Waals surface area contributed by atoms with E-state index < -0.39 is 30.4 Å². The molecule has 0 heterocycles. The van der Waals surface area contributed by atoms with Crippen LogP contribution in [0.4, 0.5) is 13.2 Å². The van der Waals surface area contributed by atoms with Gasteiger partial charge in [0.1, 0.15) is 0 Å². The van der Waals surface area contributed by atoms with E-state index in [1.165, 1.54) is 0 Å². The minimum absolute atomic E-state index is 0.172. The summed E-state index contributed by atoms with van der Waals surface area (Å²) in [6.45, 7) is 5.98. The largest absolute Gasteiger partial charge is 0.465 e. The summed E-state index contributed by atoms with van der Waals surface area (Å²) < 4.78 is 46.3. The van der Waals surface area contributed by atoms with Crippen molar-refractivity contribution in [2.45, 2.75) is 65.5 Å². The second kappa shape index (κ2) is 8.72. The molecule has 0 N–H and O–H groups in total. The number of alkyl halides is 3. The minimum atomic E-state index is -4.33. The first kappa shape index (κ1) is 20.8. The molecule has 0 aromatic rings. The van der Waals surface area contributed by atoms with Gasteiger partial charge in [0.05, 0.1) is 31.5 Å². The molecule has 1 fully saturated rings. The first-order chi connectivity index (χ1) is 11.0. The van der Waals surface area contributed by atoms with Crippen LogP contribution in [-0.2, 0) is 19.1 Å². The fourth-order valence-electron chi connectivity index (χ4n) is 2.50. The lowest BCUT2D eigenvalue weighted by atomic mass is 9.83. The predicted octanol–water partition coefficient (Wildman–Crippen LogP) is 4.27. The number of rotatable bonds is 6. The Labute approximate surface area is 141 Å². The molecular formula is C17H27F3O4. The SMILES string of the molecule is CC(C)(C)C(=O)OCC1CCC(COC(=O)CCC(F)(F)F)CC1. The van der Waals surface area contributed by atoms with E-state index in [9.17, 15) is 22.8 Å². The highest BCUT2D eigenvalue weighted by molar-refractivity contribution is 5.75. The van der Waals surface area contributed by atoms with Gasteiger partial charge in [-0.05, 0) is 58.3 Å². The third kappa shape index (κ3) is 8.55. The molecule has 0 atom stereocenters. The van der Waals surface area contributed by atoms with Crippen molar-refractivity contribution in [3.63, 3.8) is 0 Å². The molecule has 24 heavy (non-hydrogen) atoms. The lowest BCUT2D eigenvalue weighted by molar-refractivity contribution is -0.158. The van der Waals surface area contributed by atoms with Crippen molar-refractivity contribution < 1.29 is 32.2 Å². The molecule has 1 aliphatic rings. The van der Waals surface area contributed by atoms with E-state index in [0.29, 0.717) is 12.5 Å². The summed E-state index contributed by atoms with van der Waals surface area (Å²) in [7, 11) is 0. The zero-order valence-electron chi connectivity index (χ0n) is 14.6. The average molecular weight is 352 g/mol. The summed E-state index contributed by atoms with van der Waals surface area (Å²) in [5.74, 6) is -0.542. The maximum Gasteiger partial charge on any atom is 0.389 e. The molecule has 1 aliphatic carbocycles. The van der Waals surface area contributed by atoms with Crippen LogP contribution in [0.3, 0.4) is 0 Å². The van der Waals surface area contributed by atoms with Crippen molar-refractivity contribution in [1.82, 2.24) is 0 Å². The molecule has 0 saturated heterocycles. The molecule has 7 heteroatoms. The molecule has 140 valence electrons. The van der Waals surface area contributed by atoms with Crippen molar-refractivity contribution in [3.05, 3.63) is 0 Å². The number of ether oxygens (including phenoxy) is 2. The first-order valence-corrected chi connectivity index (χ1v) is 8.37. The Morgan fingerprint density at radius 2 is 1.38 bits per heavy atom. The van der Waals surface area contributed by atoms with E-state index in [1.807, 2.05) is 0 Å². The van der Waals surface area contributed by atoms with E-state index in [2.05, 4.69) is 0 Å². The number of carbonyl (C=O) groups excluding carboxylic acids is 2. The lowest BCUT2D eigenvalue weighted by Gasteiger charge is -2.28. The van der Waals surface area contributed by atoms with E-state index in [4.69, 9.17) is 9.47 Å². The Morgan fingerprint density at radius 3 is 1.79 bits per heavy atom. The van der Waals surface area contributed by atoms with Crippen LogP contribution in [0.25, 0.3) is 0 Å². The van der Waals surface area contributed by atoms with E-state index in [1.54, 1.807) is 20.8 Å². The highest BCUT2D eigenvalue weighted by atomic mass is 19.4. The molecule has 1 rings (SSSR count). The standard InChI is InChI=1S/C17H27F3O4/c1-16(2,3)15(22)24-11-13-6-4-12(5-7-13)10-23-14(21)8-9-17(18,19)20/h12-13H,4-11H2,1-3H3. The molecule has 0 bridgehead atoms. The van der Waals surface area contributed by atoms with Gasteiger partial charge in [0, 0.05) is 0 Å². The van der Waals surface area contributed by atoms with E-state index in [-0.39, 0.29) is 18.5 Å². The van der Waals surface area contributed by atoms with Crippen molar-refractivity contribution >= 4 is 11.9 Å². The van der Waals surface area contributed by atoms with Crippen LogP contribution < -0.4 is 0 Å². The van der Waals surface area contributed by atoms with E-state index in [0.717, 1.165) is 25.7 Å². The summed E-state index contributed by atoms with van der Waals surface area (Å²) in [6.07, 6.45) is -2.72. The van der Waals surface area contributed by atoms with Crippen molar-refractivity contribution in [3.8, 4) is 0 Å². The Hall–Kier alpha value is -1.27. The fourth-order valence-corrected chi connectivity index (χ4v) is 2.50. The maximum atomic E-state index is 12.0. The van der Waals surface area contributed by atoms with Gasteiger partial charge in [0.15, 0.2) is 0 Å². The van der Waals surface area contributed by atoms with Crippen LogP contribution in [-0.4, -0.2) is 31.3 Å². The lowest BCUT2D eigenvalue weighted by Crippen LogP contribution is -2.28. The molecule has 0 aromatic heterocycles. The number of hydrogen-bond donors (Lipinski definition) is 0. The van der Waals surface area contributed by atoms with Crippen LogP contribution in [0.2, 0.25) is 0 Å². The van der Waals surface area contributed by atoms with Gasteiger partial charge in [-0.2, -0.15) is 13.2 Å². The van der Waals surface area contributed by atoms with Crippen LogP contribution in [0, 0.1) is 17.3 Å². The molecule has 4 nitrogen and oxygen atoms in total. The summed E-state index contributed by atoms with van der Waals surface area (Å²) in [5.41, 5.74) is -0.512. The molecule has 0 spiro atoms. The van der Waals surface area contributed by atoms with Gasteiger partial charge < -0.3 is 9.47 Å². The molecule has 0 aliphatic heterocycles. The van der Waals surface area contributed by atoms with Gasteiger partial charge in [0.2, 0.25) is 0 Å². The maximum absolute atomic E-state index is 12.0. The van der Waals surface area contributed by atoms with E-state index >= 15 is 0 Å². The molecular weight excluding hydrogens is 325 g/mol. The Morgan fingerprint density at radius 1 is 0.917 bits per heavy atom. The number of carbonyl (C=O) groups is 2. The topological polar surface area (TPSA) is 52.6 Å². The van der Waals surface area contributed by atoms with Gasteiger partial charge in [-0.15, -0.1) is 0 Å². The summed E-state index contributed by atoms with van der Waals surface area (Å²) in [4.78, 5) is 23.0. The molecule has 0 aromatic carbocycles. The monoisotopic (exact) mass is 352 g/mol. The molecule has 1 saturated carbocycles. The van der Waals surface area contributed by atoms with Crippen LogP contribution >= 0.6 is 0 Å². The summed E-state index contributed by atoms with van der Waals surface area (Å²) in [5, 5.41) is 0. The third-order valence-electron chi connectivity index (χ3n) is 4.12. The van der Waals surface area contributed by atoms with Gasteiger partial charge >= 0.3 is 18.1 Å². The third-order valence-corrected chi connectivity index (χ3v) is 4.12. The molecule has 0 amide bonds. The van der Waals surface area contributed by atoms with Crippen molar-refractivity contribution in [2.24, 2.45) is 17.3 Å². The minimum Gasteiger partial charge on any atom is -0.465 e. The first-order valence-electron chi connectivity index (χ1n) is 8.37. The number of hydrogen-bond acceptors (Lipinski definition) is 4. The predicted molar refractivity (Wildman–Crippen MR) is 82.1 cm³/mol. The quantitative estimate of drug-likeness (QED) is 0.670. The Kier molecular flexibility index (Phi) is 7.55. The highest BCUT2D eigenvalue weighted by Crippen LogP contribution is 2.30. The van der Waals surface area contributed by atoms with Gasteiger partial charge in [-0.3, -0.25) is 9.59 Å². The number of halogens is 3. The van der Waals surface area contributed by atoms with Crippen LogP contribution in [0.15, 0.2) is 0 Å². The van der Waals surface area contributed by atoms with Gasteiger partial charge in [0.25, 0.3) is 0 Å². The Bertz CT molecular complexity index is 419. The van der Waals surface area contributed by atoms with Crippen molar-refractivity contribution in [2.75, 3.05) is 13.2 Å². The second-order valence-corrected chi connectivity index (χ2v) is 7.53. The molecule has 0 radical (unpaired) electrons. The van der Waals surface area contributed by atoms with Gasteiger partial charge in [-0.25, -0.2) is 0 Å². The Balaban J connectivity index is 2.17. The van der Waals surface area contributed by atoms with Crippen LogP contribution in [0.5, 0.6) is 0 Å². The summed E-state index contributed by atoms with van der Waals surface area (Å²) >= 11 is 0. The molecule has 0 unspecified atom stereocenters. The summed E-state index contributed by atoms with van der Waals surface area (Å²) in [6, 6.07) is 0. The zero-order chi connectivity index (χ0) is 18.4. The normalized spacial score (nSPS) is 22.1. The fraction of sp³-hybridized carbons (Fsp3) is 0.882. The number of esters is 2. The second-order valence-electron chi connectivity index (χ2n) is 7.53. The average Bonchev–Trinajstić information content (AvgIpc) is 2.47. The van der Waals surface area contributed by atoms with Crippen LogP contribution in [0.1, 0.15) is 59.3 Å². The van der Waals surface area contributed by atoms with Crippen molar-refractivity contribution in [1.29, 1.82) is 0 Å². The zero-order valence-corrected chi connectivity index (χ0v) is 14.6. The van der Waals surface area contributed by atoms with Gasteiger partial charge in [-0.1, -0.05) is 0 Å². The smallest absolute Gasteiger partial charge is 0.389 e. The highest BCUT2D eigenvalue weighted by Gasteiger charge is 2.29.